The lowest BCUT2D eigenvalue weighted by atomic mass is 9.55. The van der Waals surface area contributed by atoms with Crippen LogP contribution in [0.2, 0.25) is 0 Å². The summed E-state index contributed by atoms with van der Waals surface area (Å²) in [5, 5.41) is 0. The summed E-state index contributed by atoms with van der Waals surface area (Å²) >= 11 is 0. The zero-order chi connectivity index (χ0) is 19.6. The van der Waals surface area contributed by atoms with E-state index >= 15 is 0 Å². The molecule has 28 heavy (non-hydrogen) atoms. The van der Waals surface area contributed by atoms with Crippen molar-refractivity contribution in [3.63, 3.8) is 0 Å². The van der Waals surface area contributed by atoms with Crippen molar-refractivity contribution in [3.05, 3.63) is 60.7 Å². The van der Waals surface area contributed by atoms with Crippen LogP contribution in [0, 0.1) is 17.8 Å². The van der Waals surface area contributed by atoms with Crippen molar-refractivity contribution < 1.29 is 23.9 Å². The summed E-state index contributed by atoms with van der Waals surface area (Å²) in [6.45, 7) is 0. The van der Waals surface area contributed by atoms with Crippen LogP contribution in [0.3, 0.4) is 0 Å². The minimum Gasteiger partial charge on any atom is -0.367 e. The molecule has 0 spiro atoms. The molecule has 1 saturated carbocycles. The molecular formula is C21H16N2O5. The van der Waals surface area contributed by atoms with Crippen LogP contribution in [0.25, 0.3) is 0 Å². The summed E-state index contributed by atoms with van der Waals surface area (Å²) in [5.41, 5.74) is -0.800. The Labute approximate surface area is 160 Å². The van der Waals surface area contributed by atoms with Crippen molar-refractivity contribution in [2.75, 3.05) is 16.9 Å². The molecule has 2 heterocycles. The first kappa shape index (κ1) is 16.8. The van der Waals surface area contributed by atoms with Gasteiger partial charge in [-0.1, -0.05) is 36.4 Å². The summed E-state index contributed by atoms with van der Waals surface area (Å²) in [5.74, 6) is -4.95. The third-order valence-electron chi connectivity index (χ3n) is 6.02. The Morgan fingerprint density at radius 3 is 1.68 bits per heavy atom. The molecule has 0 aromatic heterocycles. The van der Waals surface area contributed by atoms with Crippen LogP contribution in [-0.4, -0.2) is 36.3 Å². The van der Waals surface area contributed by atoms with Gasteiger partial charge in [0.05, 0.1) is 29.1 Å². The van der Waals surface area contributed by atoms with Crippen molar-refractivity contribution in [2.24, 2.45) is 17.8 Å². The average Bonchev–Trinajstić information content (AvgIpc) is 3.01. The van der Waals surface area contributed by atoms with E-state index < -0.39 is 47.0 Å². The van der Waals surface area contributed by atoms with Crippen molar-refractivity contribution in [2.45, 2.75) is 5.60 Å². The highest BCUT2D eigenvalue weighted by Gasteiger charge is 2.83. The molecule has 2 aromatic rings. The van der Waals surface area contributed by atoms with Crippen LogP contribution in [0.5, 0.6) is 0 Å². The predicted molar refractivity (Wildman–Crippen MR) is 98.1 cm³/mol. The standard InChI is InChI=1S/C21H16N2O5/c1-28-21-15-14(17(24)22(18(15)25)12-8-4-2-5-9-12)16(21)19(26)23(20(21)27)13-10-6-3-7-11-13/h2-11,14-16H,1H3. The number of imide groups is 2. The largest absolute Gasteiger partial charge is 0.367 e. The highest BCUT2D eigenvalue weighted by molar-refractivity contribution is 6.34. The number of amides is 4. The van der Waals surface area contributed by atoms with E-state index in [9.17, 15) is 19.2 Å². The van der Waals surface area contributed by atoms with Gasteiger partial charge >= 0.3 is 0 Å². The normalized spacial score (nSPS) is 31.1. The Bertz CT molecular complexity index is 1000. The van der Waals surface area contributed by atoms with Gasteiger partial charge in [-0.15, -0.1) is 0 Å². The lowest BCUT2D eigenvalue weighted by Crippen LogP contribution is -2.67. The van der Waals surface area contributed by atoms with Gasteiger partial charge in [-0.05, 0) is 24.3 Å². The van der Waals surface area contributed by atoms with E-state index in [1.807, 2.05) is 0 Å². The monoisotopic (exact) mass is 376 g/mol. The zero-order valence-electron chi connectivity index (χ0n) is 14.9. The van der Waals surface area contributed by atoms with Crippen molar-refractivity contribution in [3.8, 4) is 0 Å². The van der Waals surface area contributed by atoms with Crippen molar-refractivity contribution >= 4 is 35.0 Å². The molecule has 4 unspecified atom stereocenters. The van der Waals surface area contributed by atoms with E-state index in [0.29, 0.717) is 11.4 Å². The third kappa shape index (κ3) is 1.77. The minimum absolute atomic E-state index is 0.404. The zero-order valence-corrected chi connectivity index (χ0v) is 14.9. The lowest BCUT2D eigenvalue weighted by molar-refractivity contribution is -0.194. The molecule has 0 N–H and O–H groups in total. The van der Waals surface area contributed by atoms with E-state index in [4.69, 9.17) is 4.74 Å². The number of anilines is 2. The summed E-state index contributed by atoms with van der Waals surface area (Å²) in [7, 11) is 1.31. The van der Waals surface area contributed by atoms with Gasteiger partial charge in [0.25, 0.3) is 5.91 Å². The van der Waals surface area contributed by atoms with E-state index in [1.165, 1.54) is 7.11 Å². The first-order valence-corrected chi connectivity index (χ1v) is 8.95. The van der Waals surface area contributed by atoms with Gasteiger partial charge in [0.15, 0.2) is 5.60 Å². The summed E-state index contributed by atoms with van der Waals surface area (Å²) in [4.78, 5) is 54.7. The van der Waals surface area contributed by atoms with Gasteiger partial charge in [0.2, 0.25) is 17.7 Å². The highest BCUT2D eigenvalue weighted by atomic mass is 16.5. The molecule has 5 rings (SSSR count). The Kier molecular flexibility index (Phi) is 3.36. The number of fused-ring (bicyclic) bond motifs is 4. The Balaban J connectivity index is 1.59. The molecule has 2 aliphatic heterocycles. The molecule has 2 saturated heterocycles. The molecule has 2 aromatic carbocycles. The van der Waals surface area contributed by atoms with Crippen molar-refractivity contribution in [1.29, 1.82) is 0 Å². The molecule has 0 radical (unpaired) electrons. The summed E-state index contributed by atoms with van der Waals surface area (Å²) in [6.07, 6.45) is 0. The van der Waals surface area contributed by atoms with Gasteiger partial charge < -0.3 is 4.74 Å². The second-order valence-electron chi connectivity index (χ2n) is 7.14. The van der Waals surface area contributed by atoms with E-state index in [2.05, 4.69) is 0 Å². The molecule has 0 bridgehead atoms. The molecule has 140 valence electrons. The second kappa shape index (κ2) is 5.59. The summed E-state index contributed by atoms with van der Waals surface area (Å²) in [6, 6.07) is 17.0. The van der Waals surface area contributed by atoms with Gasteiger partial charge in [0.1, 0.15) is 0 Å². The topological polar surface area (TPSA) is 84.0 Å². The Hall–Kier alpha value is -3.32. The van der Waals surface area contributed by atoms with Crippen LogP contribution in [0.1, 0.15) is 0 Å². The maximum atomic E-state index is 13.3. The fraction of sp³-hybridized carbons (Fsp3) is 0.238. The number of hydrogen-bond donors (Lipinski definition) is 0. The van der Waals surface area contributed by atoms with Gasteiger partial charge in [-0.2, -0.15) is 0 Å². The lowest BCUT2D eigenvalue weighted by Gasteiger charge is -2.47. The average molecular weight is 376 g/mol. The predicted octanol–water partition coefficient (Wildman–Crippen LogP) is 1.38. The number of benzene rings is 2. The quantitative estimate of drug-likeness (QED) is 0.756. The number of carbonyl (C=O) groups excluding carboxylic acids is 4. The van der Waals surface area contributed by atoms with Crippen LogP contribution in [-0.2, 0) is 23.9 Å². The van der Waals surface area contributed by atoms with Crippen molar-refractivity contribution in [1.82, 2.24) is 0 Å². The molecule has 7 heteroatoms. The number of ether oxygens (including phenoxy) is 1. The molecule has 7 nitrogen and oxygen atoms in total. The Morgan fingerprint density at radius 1 is 0.714 bits per heavy atom. The molecule has 1 aliphatic carbocycles. The molecule has 3 aliphatic rings. The maximum Gasteiger partial charge on any atom is 0.267 e. The molecule has 3 fully saturated rings. The van der Waals surface area contributed by atoms with Crippen LogP contribution < -0.4 is 9.80 Å². The third-order valence-corrected chi connectivity index (χ3v) is 6.02. The minimum atomic E-state index is -1.63. The Morgan fingerprint density at radius 2 is 1.18 bits per heavy atom. The molecular weight excluding hydrogens is 360 g/mol. The van der Waals surface area contributed by atoms with E-state index in [0.717, 1.165) is 9.80 Å². The number of para-hydroxylation sites is 2. The molecule has 4 atom stereocenters. The smallest absolute Gasteiger partial charge is 0.267 e. The summed E-state index contributed by atoms with van der Waals surface area (Å²) < 4.78 is 5.54. The second-order valence-corrected chi connectivity index (χ2v) is 7.14. The van der Waals surface area contributed by atoms with Gasteiger partial charge in [0, 0.05) is 7.11 Å². The number of carbonyl (C=O) groups is 4. The number of rotatable bonds is 3. The number of methoxy groups -OCH3 is 1. The van der Waals surface area contributed by atoms with Crippen LogP contribution >= 0.6 is 0 Å². The first-order chi connectivity index (χ1) is 13.5. The fourth-order valence-corrected chi connectivity index (χ4v) is 4.83. The SMILES string of the molecule is COC12C(=O)N(c3ccccc3)C(=O)C1C1C(=O)N(c3ccccc3)C(=O)C12. The van der Waals surface area contributed by atoms with Crippen LogP contribution in [0.4, 0.5) is 11.4 Å². The maximum absolute atomic E-state index is 13.3. The molecule has 4 amide bonds. The number of hydrogen-bond acceptors (Lipinski definition) is 5. The van der Waals surface area contributed by atoms with E-state index in [1.54, 1.807) is 60.7 Å². The fourth-order valence-electron chi connectivity index (χ4n) is 4.83. The van der Waals surface area contributed by atoms with Gasteiger partial charge in [-0.3, -0.25) is 19.2 Å². The number of nitrogens with zero attached hydrogens (tertiary/aromatic N) is 2. The van der Waals surface area contributed by atoms with Gasteiger partial charge in [-0.25, -0.2) is 9.80 Å². The van der Waals surface area contributed by atoms with Crippen LogP contribution in [0.15, 0.2) is 60.7 Å². The highest BCUT2D eigenvalue weighted by Crippen LogP contribution is 2.61. The van der Waals surface area contributed by atoms with E-state index in [-0.39, 0.29) is 0 Å². The first-order valence-electron chi connectivity index (χ1n) is 8.95.